The van der Waals surface area contributed by atoms with Gasteiger partial charge in [0, 0.05) is 26.2 Å². The lowest BCUT2D eigenvalue weighted by molar-refractivity contribution is -0.140. The van der Waals surface area contributed by atoms with Gasteiger partial charge in [0.15, 0.2) is 0 Å². The molecular formula is C12H22BrN3O2. The third-order valence-electron chi connectivity index (χ3n) is 2.88. The molecule has 0 radical (unpaired) electrons. The molecule has 6 heteroatoms. The number of carbonyl (C=O) groups excluding carboxylic acids is 2. The van der Waals surface area contributed by atoms with Crippen LogP contribution in [0.3, 0.4) is 0 Å². The highest BCUT2D eigenvalue weighted by Crippen LogP contribution is 2.20. The van der Waals surface area contributed by atoms with Crippen LogP contribution in [0.2, 0.25) is 0 Å². The maximum Gasteiger partial charge on any atom is 0.239 e. The molecule has 0 spiro atoms. The molecule has 1 heterocycles. The Morgan fingerprint density at radius 3 is 1.94 bits per heavy atom. The van der Waals surface area contributed by atoms with E-state index in [1.54, 1.807) is 0 Å². The lowest BCUT2D eigenvalue weighted by Crippen LogP contribution is -2.54. The average Bonchev–Trinajstić information content (AvgIpc) is 2.26. The van der Waals surface area contributed by atoms with Crippen molar-refractivity contribution in [1.82, 2.24) is 14.7 Å². The number of rotatable bonds is 3. The molecule has 0 atom stereocenters. The molecule has 1 aliphatic rings. The molecule has 0 aromatic carbocycles. The zero-order valence-electron chi connectivity index (χ0n) is 11.6. The first-order valence-electron chi connectivity index (χ1n) is 6.12. The highest BCUT2D eigenvalue weighted by Gasteiger charge is 2.32. The number of hydrogen-bond acceptors (Lipinski definition) is 3. The number of hydrogen-bond donors (Lipinski definition) is 0. The predicted molar refractivity (Wildman–Crippen MR) is 74.7 cm³/mol. The van der Waals surface area contributed by atoms with Crippen LogP contribution in [0.5, 0.6) is 0 Å². The second kappa shape index (κ2) is 6.02. The lowest BCUT2D eigenvalue weighted by Gasteiger charge is -2.37. The van der Waals surface area contributed by atoms with E-state index < -0.39 is 4.32 Å². The van der Waals surface area contributed by atoms with Gasteiger partial charge in [0.2, 0.25) is 11.8 Å². The fraction of sp³-hybridized carbons (Fsp3) is 0.833. The van der Waals surface area contributed by atoms with Crippen LogP contribution in [0.15, 0.2) is 0 Å². The van der Waals surface area contributed by atoms with Gasteiger partial charge in [0.1, 0.15) is 0 Å². The molecule has 1 rings (SSSR count). The van der Waals surface area contributed by atoms with Crippen molar-refractivity contribution in [2.45, 2.75) is 18.2 Å². The number of alkyl halides is 1. The average molecular weight is 320 g/mol. The molecule has 104 valence electrons. The molecule has 0 aliphatic carbocycles. The van der Waals surface area contributed by atoms with Gasteiger partial charge in [0.25, 0.3) is 0 Å². The maximum absolute atomic E-state index is 12.0. The van der Waals surface area contributed by atoms with Crippen molar-refractivity contribution in [3.63, 3.8) is 0 Å². The maximum atomic E-state index is 12.0. The van der Waals surface area contributed by atoms with Crippen LogP contribution in [-0.2, 0) is 9.59 Å². The van der Waals surface area contributed by atoms with Gasteiger partial charge < -0.3 is 14.7 Å². The summed E-state index contributed by atoms with van der Waals surface area (Å²) in [4.78, 5) is 29.4. The Balaban J connectivity index is 2.46. The zero-order chi connectivity index (χ0) is 13.9. The summed E-state index contributed by atoms with van der Waals surface area (Å²) in [6.45, 7) is 6.61. The summed E-state index contributed by atoms with van der Waals surface area (Å²) in [6.07, 6.45) is 0. The van der Waals surface area contributed by atoms with E-state index in [1.165, 1.54) is 0 Å². The first-order valence-corrected chi connectivity index (χ1v) is 6.92. The molecule has 5 nitrogen and oxygen atoms in total. The molecule has 0 aromatic rings. The van der Waals surface area contributed by atoms with Crippen molar-refractivity contribution >= 4 is 27.7 Å². The molecular weight excluding hydrogens is 298 g/mol. The molecule has 18 heavy (non-hydrogen) atoms. The highest BCUT2D eigenvalue weighted by atomic mass is 79.9. The number of nitrogens with zero attached hydrogens (tertiary/aromatic N) is 3. The molecule has 0 unspecified atom stereocenters. The highest BCUT2D eigenvalue weighted by molar-refractivity contribution is 9.10. The monoisotopic (exact) mass is 319 g/mol. The zero-order valence-corrected chi connectivity index (χ0v) is 13.2. The van der Waals surface area contributed by atoms with E-state index in [4.69, 9.17) is 0 Å². The largest absolute Gasteiger partial charge is 0.338 e. The van der Waals surface area contributed by atoms with Gasteiger partial charge in [-0.3, -0.25) is 9.59 Å². The van der Waals surface area contributed by atoms with Gasteiger partial charge in [-0.05, 0) is 27.9 Å². The molecule has 0 bridgehead atoms. The standard InChI is InChI=1S/C12H22BrN3O2/c1-12(2,13)11(18)16-7-5-15(6-8-16)10(17)9-14(3)4/h5-9H2,1-4H3. The van der Waals surface area contributed by atoms with Crippen molar-refractivity contribution in [1.29, 1.82) is 0 Å². The van der Waals surface area contributed by atoms with Gasteiger partial charge in [-0.15, -0.1) is 0 Å². The number of likely N-dealkylation sites (N-methyl/N-ethyl adjacent to an activating group) is 1. The second-order valence-electron chi connectivity index (χ2n) is 5.38. The van der Waals surface area contributed by atoms with E-state index >= 15 is 0 Å². The van der Waals surface area contributed by atoms with Crippen LogP contribution < -0.4 is 0 Å². The van der Waals surface area contributed by atoms with Crippen LogP contribution in [-0.4, -0.2) is 77.7 Å². The molecule has 1 aliphatic heterocycles. The fourth-order valence-electron chi connectivity index (χ4n) is 1.91. The van der Waals surface area contributed by atoms with Crippen LogP contribution in [0.1, 0.15) is 13.8 Å². The van der Waals surface area contributed by atoms with Gasteiger partial charge in [-0.2, -0.15) is 0 Å². The van der Waals surface area contributed by atoms with Crippen molar-refractivity contribution in [2.24, 2.45) is 0 Å². The molecule has 0 saturated carbocycles. The SMILES string of the molecule is CN(C)CC(=O)N1CCN(C(=O)C(C)(C)Br)CC1. The summed E-state index contributed by atoms with van der Waals surface area (Å²) in [5, 5.41) is 0. The number of carbonyl (C=O) groups is 2. The van der Waals surface area contributed by atoms with Gasteiger partial charge in [0.05, 0.1) is 10.9 Å². The van der Waals surface area contributed by atoms with Crippen molar-refractivity contribution in [3.8, 4) is 0 Å². The number of piperazine rings is 1. The van der Waals surface area contributed by atoms with Gasteiger partial charge in [-0.1, -0.05) is 15.9 Å². The van der Waals surface area contributed by atoms with E-state index in [2.05, 4.69) is 15.9 Å². The summed E-state index contributed by atoms with van der Waals surface area (Å²) in [6, 6.07) is 0. The number of amides is 2. The van der Waals surface area contributed by atoms with Crippen LogP contribution in [0.4, 0.5) is 0 Å². The minimum absolute atomic E-state index is 0.0854. The van der Waals surface area contributed by atoms with Crippen molar-refractivity contribution in [2.75, 3.05) is 46.8 Å². The fourth-order valence-corrected chi connectivity index (χ4v) is 2.16. The summed E-state index contributed by atoms with van der Waals surface area (Å²) in [5.74, 6) is 0.215. The summed E-state index contributed by atoms with van der Waals surface area (Å²) >= 11 is 3.38. The van der Waals surface area contributed by atoms with Crippen LogP contribution in [0.25, 0.3) is 0 Å². The Labute approximate surface area is 117 Å². The Hall–Kier alpha value is -0.620. The molecule has 1 saturated heterocycles. The third-order valence-corrected chi connectivity index (χ3v) is 3.22. The predicted octanol–water partition coefficient (Wildman–Crippen LogP) is 0.392. The first-order chi connectivity index (χ1) is 8.21. The minimum atomic E-state index is -0.525. The quantitative estimate of drug-likeness (QED) is 0.707. The van der Waals surface area contributed by atoms with Crippen LogP contribution in [0, 0.1) is 0 Å². The molecule has 2 amide bonds. The Morgan fingerprint density at radius 1 is 1.11 bits per heavy atom. The van der Waals surface area contributed by atoms with Gasteiger partial charge >= 0.3 is 0 Å². The van der Waals surface area contributed by atoms with E-state index in [0.29, 0.717) is 32.7 Å². The summed E-state index contributed by atoms with van der Waals surface area (Å²) in [5.41, 5.74) is 0. The molecule has 0 N–H and O–H groups in total. The lowest BCUT2D eigenvalue weighted by atomic mass is 10.1. The van der Waals surface area contributed by atoms with Crippen molar-refractivity contribution < 1.29 is 9.59 Å². The van der Waals surface area contributed by atoms with Crippen molar-refractivity contribution in [3.05, 3.63) is 0 Å². The third kappa shape index (κ3) is 4.24. The number of halogens is 1. The Kier molecular flexibility index (Phi) is 5.16. The normalized spacial score (nSPS) is 17.2. The van der Waals surface area contributed by atoms with E-state index in [-0.39, 0.29) is 11.8 Å². The van der Waals surface area contributed by atoms with Crippen LogP contribution >= 0.6 is 15.9 Å². The Morgan fingerprint density at radius 2 is 1.56 bits per heavy atom. The smallest absolute Gasteiger partial charge is 0.239 e. The Bertz CT molecular complexity index is 318. The summed E-state index contributed by atoms with van der Waals surface area (Å²) < 4.78 is -0.525. The topological polar surface area (TPSA) is 43.9 Å². The van der Waals surface area contributed by atoms with E-state index in [1.807, 2.05) is 42.6 Å². The molecule has 1 fully saturated rings. The minimum Gasteiger partial charge on any atom is -0.338 e. The second-order valence-corrected chi connectivity index (χ2v) is 7.37. The van der Waals surface area contributed by atoms with E-state index in [0.717, 1.165) is 0 Å². The first kappa shape index (κ1) is 15.4. The van der Waals surface area contributed by atoms with Gasteiger partial charge in [-0.25, -0.2) is 0 Å². The molecule has 0 aromatic heterocycles. The summed E-state index contributed by atoms with van der Waals surface area (Å²) in [7, 11) is 3.76. The van der Waals surface area contributed by atoms with E-state index in [9.17, 15) is 9.59 Å².